The smallest absolute Gasteiger partial charge is 0.310 e. The van der Waals surface area contributed by atoms with Crippen molar-refractivity contribution >= 4 is 21.7 Å². The van der Waals surface area contributed by atoms with Crippen LogP contribution < -0.4 is 0 Å². The van der Waals surface area contributed by atoms with Gasteiger partial charge in [-0.3, -0.25) is 14.9 Å². The van der Waals surface area contributed by atoms with Gasteiger partial charge >= 0.3 is 5.97 Å². The highest BCUT2D eigenvalue weighted by molar-refractivity contribution is 7.89. The molecule has 1 atom stereocenters. The number of nitro groups is 1. The van der Waals surface area contributed by atoms with Crippen LogP contribution in [0.4, 0.5) is 5.69 Å². The number of aryl methyl sites for hydroxylation is 1. The number of aliphatic carboxylic acids is 1. The first kappa shape index (κ1) is 16.4. The highest BCUT2D eigenvalue weighted by Gasteiger charge is 2.45. The summed E-state index contributed by atoms with van der Waals surface area (Å²) in [5, 5.41) is 20.0. The SMILES string of the molecule is Cc1cc(S(=O)(=O)N2CCC(C)(C(=O)O)C2)ccc1[N+](=O)[O-]. The van der Waals surface area contributed by atoms with Crippen molar-refractivity contribution < 1.29 is 23.2 Å². The molecular weight excluding hydrogens is 312 g/mol. The Bertz CT molecular complexity index is 745. The minimum atomic E-state index is -3.86. The van der Waals surface area contributed by atoms with Gasteiger partial charge in [-0.2, -0.15) is 4.31 Å². The summed E-state index contributed by atoms with van der Waals surface area (Å²) in [6, 6.07) is 3.56. The maximum Gasteiger partial charge on any atom is 0.310 e. The molecule has 0 spiro atoms. The highest BCUT2D eigenvalue weighted by atomic mass is 32.2. The van der Waals surface area contributed by atoms with Crippen LogP contribution in [-0.4, -0.2) is 41.8 Å². The predicted molar refractivity (Wildman–Crippen MR) is 77.0 cm³/mol. The van der Waals surface area contributed by atoms with Crippen LogP contribution in [-0.2, 0) is 14.8 Å². The van der Waals surface area contributed by atoms with Gasteiger partial charge in [0.25, 0.3) is 5.69 Å². The topological polar surface area (TPSA) is 118 Å². The predicted octanol–water partition coefficient (Wildman–Crippen LogP) is 1.39. The van der Waals surface area contributed by atoms with Gasteiger partial charge in [0.05, 0.1) is 15.2 Å². The van der Waals surface area contributed by atoms with Gasteiger partial charge in [-0.05, 0) is 32.4 Å². The second-order valence-electron chi connectivity index (χ2n) is 5.66. The van der Waals surface area contributed by atoms with Crippen molar-refractivity contribution in [3.8, 4) is 0 Å². The molecule has 0 aromatic heterocycles. The Morgan fingerprint density at radius 3 is 2.55 bits per heavy atom. The maximum atomic E-state index is 12.5. The summed E-state index contributed by atoms with van der Waals surface area (Å²) >= 11 is 0. The van der Waals surface area contributed by atoms with Crippen LogP contribution in [0.1, 0.15) is 18.9 Å². The zero-order chi connectivity index (χ0) is 16.7. The van der Waals surface area contributed by atoms with Gasteiger partial charge in [0.15, 0.2) is 0 Å². The Kier molecular flexibility index (Phi) is 3.96. The Balaban J connectivity index is 2.35. The molecule has 0 amide bonds. The molecule has 1 fully saturated rings. The molecule has 2 rings (SSSR count). The zero-order valence-corrected chi connectivity index (χ0v) is 13.0. The molecule has 0 radical (unpaired) electrons. The Hall–Kier alpha value is -2.00. The van der Waals surface area contributed by atoms with Crippen LogP contribution in [0.3, 0.4) is 0 Å². The van der Waals surface area contributed by atoms with E-state index in [0.717, 1.165) is 10.4 Å². The molecule has 8 nitrogen and oxygen atoms in total. The molecular formula is C13H16N2O6S. The van der Waals surface area contributed by atoms with Crippen LogP contribution in [0, 0.1) is 22.5 Å². The van der Waals surface area contributed by atoms with E-state index in [9.17, 15) is 28.4 Å². The van der Waals surface area contributed by atoms with E-state index in [2.05, 4.69) is 0 Å². The fraction of sp³-hybridized carbons (Fsp3) is 0.462. The summed E-state index contributed by atoms with van der Waals surface area (Å²) in [7, 11) is -3.86. The first-order chi connectivity index (χ1) is 10.1. The average molecular weight is 328 g/mol. The van der Waals surface area contributed by atoms with Crippen molar-refractivity contribution in [2.45, 2.75) is 25.2 Å². The van der Waals surface area contributed by atoms with Gasteiger partial charge in [0, 0.05) is 24.7 Å². The van der Waals surface area contributed by atoms with E-state index in [0.29, 0.717) is 0 Å². The third-order valence-electron chi connectivity index (χ3n) is 3.96. The largest absolute Gasteiger partial charge is 0.481 e. The molecule has 0 saturated carbocycles. The third-order valence-corrected chi connectivity index (χ3v) is 5.80. The van der Waals surface area contributed by atoms with E-state index in [1.54, 1.807) is 0 Å². The van der Waals surface area contributed by atoms with E-state index < -0.39 is 26.3 Å². The van der Waals surface area contributed by atoms with Gasteiger partial charge in [-0.25, -0.2) is 8.42 Å². The number of benzene rings is 1. The Morgan fingerprint density at radius 1 is 1.45 bits per heavy atom. The molecule has 1 aromatic carbocycles. The van der Waals surface area contributed by atoms with Gasteiger partial charge in [-0.15, -0.1) is 0 Å². The quantitative estimate of drug-likeness (QED) is 0.659. The monoisotopic (exact) mass is 328 g/mol. The second-order valence-corrected chi connectivity index (χ2v) is 7.60. The lowest BCUT2D eigenvalue weighted by Crippen LogP contribution is -2.34. The standard InChI is InChI=1S/C13H16N2O6S/c1-9-7-10(3-4-11(9)15(18)19)22(20,21)14-6-5-13(2,8-14)12(16)17/h3-4,7H,5-6,8H2,1-2H3,(H,16,17). The Morgan fingerprint density at radius 2 is 2.09 bits per heavy atom. The molecule has 1 aromatic rings. The van der Waals surface area contributed by atoms with Gasteiger partial charge in [0.1, 0.15) is 0 Å². The molecule has 1 aliphatic heterocycles. The number of carboxylic acids is 1. The molecule has 120 valence electrons. The number of nitro benzene ring substituents is 1. The van der Waals surface area contributed by atoms with Gasteiger partial charge in [0.2, 0.25) is 10.0 Å². The highest BCUT2D eigenvalue weighted by Crippen LogP contribution is 2.34. The molecule has 0 aliphatic carbocycles. The fourth-order valence-electron chi connectivity index (χ4n) is 2.44. The number of rotatable bonds is 4. The first-order valence-electron chi connectivity index (χ1n) is 6.56. The van der Waals surface area contributed by atoms with Crippen molar-refractivity contribution in [2.75, 3.05) is 13.1 Å². The molecule has 1 unspecified atom stereocenters. The number of hydrogen-bond donors (Lipinski definition) is 1. The lowest BCUT2D eigenvalue weighted by Gasteiger charge is -2.20. The fourth-order valence-corrected chi connectivity index (χ4v) is 4.09. The summed E-state index contributed by atoms with van der Waals surface area (Å²) in [6.45, 7) is 2.97. The van der Waals surface area contributed by atoms with E-state index >= 15 is 0 Å². The van der Waals surface area contributed by atoms with Crippen LogP contribution in [0.15, 0.2) is 23.1 Å². The van der Waals surface area contributed by atoms with E-state index in [-0.39, 0.29) is 35.7 Å². The average Bonchev–Trinajstić information content (AvgIpc) is 2.83. The molecule has 9 heteroatoms. The molecule has 22 heavy (non-hydrogen) atoms. The molecule has 1 heterocycles. The van der Waals surface area contributed by atoms with Crippen molar-refractivity contribution in [1.29, 1.82) is 0 Å². The minimum Gasteiger partial charge on any atom is -0.481 e. The Labute approximate surface area is 127 Å². The van der Waals surface area contributed by atoms with Crippen LogP contribution >= 0.6 is 0 Å². The summed E-state index contributed by atoms with van der Waals surface area (Å²) in [6.07, 6.45) is 0.230. The number of nitrogens with zero attached hydrogens (tertiary/aromatic N) is 2. The number of carboxylic acid groups (broad SMARTS) is 1. The van der Waals surface area contributed by atoms with Crippen molar-refractivity contribution in [1.82, 2.24) is 4.31 Å². The number of sulfonamides is 1. The lowest BCUT2D eigenvalue weighted by molar-refractivity contribution is -0.385. The van der Waals surface area contributed by atoms with Crippen LogP contribution in [0.25, 0.3) is 0 Å². The number of hydrogen-bond acceptors (Lipinski definition) is 5. The molecule has 1 saturated heterocycles. The van der Waals surface area contributed by atoms with Crippen molar-refractivity contribution in [3.05, 3.63) is 33.9 Å². The summed E-state index contributed by atoms with van der Waals surface area (Å²) in [5.41, 5.74) is -1.02. The molecule has 1 aliphatic rings. The lowest BCUT2D eigenvalue weighted by atomic mass is 9.90. The second kappa shape index (κ2) is 5.33. The van der Waals surface area contributed by atoms with E-state index in [4.69, 9.17) is 0 Å². The van der Waals surface area contributed by atoms with Crippen LogP contribution in [0.2, 0.25) is 0 Å². The molecule has 0 bridgehead atoms. The molecule has 1 N–H and O–H groups in total. The van der Waals surface area contributed by atoms with Crippen LogP contribution in [0.5, 0.6) is 0 Å². The third kappa shape index (κ3) is 2.69. The summed E-state index contributed by atoms with van der Waals surface area (Å²) < 4.78 is 26.2. The summed E-state index contributed by atoms with van der Waals surface area (Å²) in [5.74, 6) is -1.04. The van der Waals surface area contributed by atoms with E-state index in [1.165, 1.54) is 26.0 Å². The number of carbonyl (C=O) groups is 1. The van der Waals surface area contributed by atoms with Gasteiger partial charge < -0.3 is 5.11 Å². The summed E-state index contributed by atoms with van der Waals surface area (Å²) in [4.78, 5) is 21.3. The van der Waals surface area contributed by atoms with Crippen molar-refractivity contribution in [3.63, 3.8) is 0 Å². The van der Waals surface area contributed by atoms with Crippen molar-refractivity contribution in [2.24, 2.45) is 5.41 Å². The van der Waals surface area contributed by atoms with E-state index in [1.807, 2.05) is 0 Å². The van der Waals surface area contributed by atoms with Gasteiger partial charge in [-0.1, -0.05) is 0 Å². The minimum absolute atomic E-state index is 0.0646. The maximum absolute atomic E-state index is 12.5. The first-order valence-corrected chi connectivity index (χ1v) is 8.00. The normalized spacial score (nSPS) is 22.6. The zero-order valence-electron chi connectivity index (χ0n) is 12.1.